The summed E-state index contributed by atoms with van der Waals surface area (Å²) in [5, 5.41) is 0. The number of nitrogens with zero attached hydrogens (tertiary/aromatic N) is 1. The molecule has 1 aromatic carbocycles. The number of ether oxygens (including phenoxy) is 1. The van der Waals surface area contributed by atoms with E-state index in [0.717, 1.165) is 34.7 Å². The summed E-state index contributed by atoms with van der Waals surface area (Å²) in [6.45, 7) is 2.29. The van der Waals surface area contributed by atoms with Gasteiger partial charge in [0.1, 0.15) is 17.0 Å². The van der Waals surface area contributed by atoms with Gasteiger partial charge in [0, 0.05) is 0 Å². The van der Waals surface area contributed by atoms with Gasteiger partial charge in [-0.25, -0.2) is 4.98 Å². The average Bonchev–Trinajstić information content (AvgIpc) is 2.82. The van der Waals surface area contributed by atoms with Crippen molar-refractivity contribution in [1.82, 2.24) is 4.98 Å². The molecule has 2 unspecified atom stereocenters. The van der Waals surface area contributed by atoms with Crippen molar-refractivity contribution >= 4 is 27.2 Å². The van der Waals surface area contributed by atoms with Crippen LogP contribution in [-0.2, 0) is 0 Å². The van der Waals surface area contributed by atoms with Crippen LogP contribution in [0.25, 0.3) is 10.2 Å². The summed E-state index contributed by atoms with van der Waals surface area (Å²) in [4.78, 5) is 4.30. The SMILES string of the molecule is CC1CCCC(Oc2ccc3scnc3c2N)C1. The summed E-state index contributed by atoms with van der Waals surface area (Å²) in [7, 11) is 0. The van der Waals surface area contributed by atoms with Gasteiger partial charge in [-0.15, -0.1) is 11.3 Å². The number of benzene rings is 1. The van der Waals surface area contributed by atoms with Crippen molar-refractivity contribution in [2.75, 3.05) is 5.73 Å². The first kappa shape index (κ1) is 11.8. The molecular formula is C14H18N2OS. The number of anilines is 1. The molecule has 1 heterocycles. The summed E-state index contributed by atoms with van der Waals surface area (Å²) >= 11 is 1.61. The highest BCUT2D eigenvalue weighted by Gasteiger charge is 2.21. The first-order valence-electron chi connectivity index (χ1n) is 6.52. The number of nitrogens with two attached hydrogens (primary N) is 1. The molecule has 0 saturated heterocycles. The van der Waals surface area contributed by atoms with Crippen LogP contribution in [0.1, 0.15) is 32.6 Å². The summed E-state index contributed by atoms with van der Waals surface area (Å²) in [5.41, 5.74) is 9.52. The van der Waals surface area contributed by atoms with E-state index in [4.69, 9.17) is 10.5 Å². The van der Waals surface area contributed by atoms with Crippen molar-refractivity contribution in [1.29, 1.82) is 0 Å². The second-order valence-electron chi connectivity index (χ2n) is 5.19. The Balaban J connectivity index is 1.83. The molecular weight excluding hydrogens is 244 g/mol. The summed E-state index contributed by atoms with van der Waals surface area (Å²) in [6, 6.07) is 4.03. The molecule has 1 saturated carbocycles. The lowest BCUT2D eigenvalue weighted by Crippen LogP contribution is -2.24. The zero-order valence-corrected chi connectivity index (χ0v) is 11.4. The number of rotatable bonds is 2. The molecule has 0 spiro atoms. The van der Waals surface area contributed by atoms with Crippen LogP contribution in [-0.4, -0.2) is 11.1 Å². The van der Waals surface area contributed by atoms with Crippen molar-refractivity contribution in [2.24, 2.45) is 5.92 Å². The number of aromatic nitrogens is 1. The molecule has 4 heteroatoms. The van der Waals surface area contributed by atoms with Crippen LogP contribution >= 0.6 is 11.3 Å². The third-order valence-corrected chi connectivity index (χ3v) is 4.48. The van der Waals surface area contributed by atoms with Crippen LogP contribution in [0.4, 0.5) is 5.69 Å². The molecule has 3 rings (SSSR count). The normalized spacial score (nSPS) is 24.3. The number of thiazole rings is 1. The van der Waals surface area contributed by atoms with Gasteiger partial charge in [0.15, 0.2) is 0 Å². The topological polar surface area (TPSA) is 48.1 Å². The third-order valence-electron chi connectivity index (χ3n) is 3.68. The van der Waals surface area contributed by atoms with Gasteiger partial charge in [-0.2, -0.15) is 0 Å². The van der Waals surface area contributed by atoms with Crippen molar-refractivity contribution in [3.63, 3.8) is 0 Å². The van der Waals surface area contributed by atoms with Gasteiger partial charge in [-0.05, 0) is 37.3 Å². The largest absolute Gasteiger partial charge is 0.488 e. The van der Waals surface area contributed by atoms with E-state index in [1.165, 1.54) is 12.8 Å². The van der Waals surface area contributed by atoms with E-state index in [1.54, 1.807) is 11.3 Å². The molecule has 1 aromatic heterocycles. The van der Waals surface area contributed by atoms with Gasteiger partial charge in [0.25, 0.3) is 0 Å². The van der Waals surface area contributed by atoms with Crippen LogP contribution < -0.4 is 10.5 Å². The van der Waals surface area contributed by atoms with E-state index in [0.29, 0.717) is 11.8 Å². The number of hydrogen-bond donors (Lipinski definition) is 1. The van der Waals surface area contributed by atoms with Crippen molar-refractivity contribution < 1.29 is 4.74 Å². The monoisotopic (exact) mass is 262 g/mol. The van der Waals surface area contributed by atoms with E-state index in [9.17, 15) is 0 Å². The van der Waals surface area contributed by atoms with Crippen molar-refractivity contribution in [2.45, 2.75) is 38.7 Å². The van der Waals surface area contributed by atoms with E-state index in [1.807, 2.05) is 17.6 Å². The minimum atomic E-state index is 0.312. The van der Waals surface area contributed by atoms with E-state index < -0.39 is 0 Å². The molecule has 0 amide bonds. The highest BCUT2D eigenvalue weighted by atomic mass is 32.1. The predicted molar refractivity (Wildman–Crippen MR) is 76.1 cm³/mol. The van der Waals surface area contributed by atoms with Crippen LogP contribution in [0, 0.1) is 5.92 Å². The Morgan fingerprint density at radius 3 is 3.11 bits per heavy atom. The second kappa shape index (κ2) is 4.76. The summed E-state index contributed by atoms with van der Waals surface area (Å²) < 4.78 is 7.20. The molecule has 96 valence electrons. The van der Waals surface area contributed by atoms with Crippen LogP contribution in [0.5, 0.6) is 5.75 Å². The highest BCUT2D eigenvalue weighted by molar-refractivity contribution is 7.16. The molecule has 0 bridgehead atoms. The maximum absolute atomic E-state index is 6.13. The minimum absolute atomic E-state index is 0.312. The van der Waals surface area contributed by atoms with Crippen LogP contribution in [0.15, 0.2) is 17.6 Å². The van der Waals surface area contributed by atoms with Crippen molar-refractivity contribution in [3.8, 4) is 5.75 Å². The van der Waals surface area contributed by atoms with E-state index in [-0.39, 0.29) is 0 Å². The minimum Gasteiger partial charge on any atom is -0.488 e. The Labute approximate surface area is 111 Å². The fraction of sp³-hybridized carbons (Fsp3) is 0.500. The number of fused-ring (bicyclic) bond motifs is 1. The maximum Gasteiger partial charge on any atom is 0.144 e. The first-order valence-corrected chi connectivity index (χ1v) is 7.40. The summed E-state index contributed by atoms with van der Waals surface area (Å²) in [6.07, 6.45) is 5.16. The Bertz CT molecular complexity index is 552. The molecule has 0 radical (unpaired) electrons. The van der Waals surface area contributed by atoms with Gasteiger partial charge < -0.3 is 10.5 Å². The molecule has 2 N–H and O–H groups in total. The van der Waals surface area contributed by atoms with Gasteiger partial charge in [0.2, 0.25) is 0 Å². The number of hydrogen-bond acceptors (Lipinski definition) is 4. The molecule has 2 atom stereocenters. The highest BCUT2D eigenvalue weighted by Crippen LogP contribution is 2.34. The second-order valence-corrected chi connectivity index (χ2v) is 6.07. The smallest absolute Gasteiger partial charge is 0.144 e. The van der Waals surface area contributed by atoms with Crippen LogP contribution in [0.3, 0.4) is 0 Å². The van der Waals surface area contributed by atoms with Gasteiger partial charge in [0.05, 0.1) is 16.3 Å². The first-order chi connectivity index (χ1) is 8.74. The zero-order valence-electron chi connectivity index (χ0n) is 10.6. The van der Waals surface area contributed by atoms with Gasteiger partial charge in [-0.3, -0.25) is 0 Å². The standard InChI is InChI=1S/C14H18N2OS/c1-9-3-2-4-10(7-9)17-11-5-6-12-14(13(11)15)16-8-18-12/h5-6,8-10H,2-4,7,15H2,1H3. The molecule has 3 nitrogen and oxygen atoms in total. The molecule has 1 aliphatic rings. The lowest BCUT2D eigenvalue weighted by Gasteiger charge is -2.27. The molecule has 0 aliphatic heterocycles. The van der Waals surface area contributed by atoms with Gasteiger partial charge >= 0.3 is 0 Å². The molecule has 2 aromatic rings. The maximum atomic E-state index is 6.13. The van der Waals surface area contributed by atoms with Crippen LogP contribution in [0.2, 0.25) is 0 Å². The third kappa shape index (κ3) is 2.17. The summed E-state index contributed by atoms with van der Waals surface area (Å²) in [5.74, 6) is 1.56. The van der Waals surface area contributed by atoms with E-state index in [2.05, 4.69) is 11.9 Å². The number of nitrogen functional groups attached to an aromatic ring is 1. The lowest BCUT2D eigenvalue weighted by atomic mass is 9.89. The van der Waals surface area contributed by atoms with Crippen molar-refractivity contribution in [3.05, 3.63) is 17.6 Å². The molecule has 1 fully saturated rings. The fourth-order valence-electron chi connectivity index (χ4n) is 2.70. The quantitative estimate of drug-likeness (QED) is 0.837. The molecule has 1 aliphatic carbocycles. The lowest BCUT2D eigenvalue weighted by molar-refractivity contribution is 0.130. The average molecular weight is 262 g/mol. The predicted octanol–water partition coefficient (Wildman–Crippen LogP) is 3.84. The zero-order chi connectivity index (χ0) is 12.5. The Hall–Kier alpha value is -1.29. The Morgan fingerprint density at radius 1 is 1.39 bits per heavy atom. The Kier molecular flexibility index (Phi) is 3.12. The molecule has 18 heavy (non-hydrogen) atoms. The Morgan fingerprint density at radius 2 is 2.28 bits per heavy atom. The van der Waals surface area contributed by atoms with E-state index >= 15 is 0 Å². The fourth-order valence-corrected chi connectivity index (χ4v) is 3.39. The van der Waals surface area contributed by atoms with Gasteiger partial charge in [-0.1, -0.05) is 13.3 Å².